The third-order valence-electron chi connectivity index (χ3n) is 2.74. The zero-order chi connectivity index (χ0) is 15.9. The van der Waals surface area contributed by atoms with Crippen LogP contribution < -0.4 is 20.5 Å². The van der Waals surface area contributed by atoms with Crippen molar-refractivity contribution in [1.82, 2.24) is 10.2 Å². The van der Waals surface area contributed by atoms with E-state index in [1.165, 1.54) is 13.3 Å². The van der Waals surface area contributed by atoms with Gasteiger partial charge in [-0.25, -0.2) is 0 Å². The number of hydrogen-bond donors (Lipinski definition) is 2. The summed E-state index contributed by atoms with van der Waals surface area (Å²) in [6.45, 7) is 0.133. The van der Waals surface area contributed by atoms with Crippen molar-refractivity contribution in [1.29, 1.82) is 0 Å². The SMILES string of the molecule is C#CCOc1ccc(C(=O)Nc2ccnnc2N)c(OC)c1. The van der Waals surface area contributed by atoms with Gasteiger partial charge in [-0.1, -0.05) is 5.92 Å². The molecular formula is C15H14N4O3. The number of benzene rings is 1. The Morgan fingerprint density at radius 1 is 1.45 bits per heavy atom. The van der Waals surface area contributed by atoms with E-state index in [4.69, 9.17) is 21.6 Å². The van der Waals surface area contributed by atoms with Gasteiger partial charge in [0.25, 0.3) is 5.91 Å². The van der Waals surface area contributed by atoms with Crippen molar-refractivity contribution in [2.45, 2.75) is 0 Å². The van der Waals surface area contributed by atoms with E-state index in [-0.39, 0.29) is 18.3 Å². The summed E-state index contributed by atoms with van der Waals surface area (Å²) in [6, 6.07) is 6.34. The minimum absolute atomic E-state index is 0.129. The second kappa shape index (κ2) is 6.95. The zero-order valence-corrected chi connectivity index (χ0v) is 11.9. The second-order valence-electron chi connectivity index (χ2n) is 4.14. The first-order valence-corrected chi connectivity index (χ1v) is 6.28. The first-order chi connectivity index (χ1) is 10.7. The van der Waals surface area contributed by atoms with Gasteiger partial charge >= 0.3 is 0 Å². The van der Waals surface area contributed by atoms with E-state index >= 15 is 0 Å². The number of nitrogen functional groups attached to an aromatic ring is 1. The molecular weight excluding hydrogens is 284 g/mol. The number of amides is 1. The Labute approximate surface area is 127 Å². The molecule has 1 amide bonds. The van der Waals surface area contributed by atoms with E-state index < -0.39 is 0 Å². The number of methoxy groups -OCH3 is 1. The van der Waals surface area contributed by atoms with Crippen molar-refractivity contribution in [2.24, 2.45) is 0 Å². The van der Waals surface area contributed by atoms with Crippen LogP contribution in [0, 0.1) is 12.3 Å². The van der Waals surface area contributed by atoms with Crippen LogP contribution in [0.5, 0.6) is 11.5 Å². The van der Waals surface area contributed by atoms with E-state index in [0.29, 0.717) is 22.7 Å². The van der Waals surface area contributed by atoms with Gasteiger partial charge in [0.2, 0.25) is 0 Å². The monoisotopic (exact) mass is 298 g/mol. The molecule has 0 radical (unpaired) electrons. The van der Waals surface area contributed by atoms with Crippen LogP contribution in [0.25, 0.3) is 0 Å². The number of terminal acetylenes is 1. The van der Waals surface area contributed by atoms with Crippen LogP contribution in [0.15, 0.2) is 30.5 Å². The average Bonchev–Trinajstić information content (AvgIpc) is 2.54. The van der Waals surface area contributed by atoms with Crippen molar-refractivity contribution in [3.05, 3.63) is 36.0 Å². The Balaban J connectivity index is 2.22. The molecule has 0 saturated carbocycles. The summed E-state index contributed by atoms with van der Waals surface area (Å²) < 4.78 is 10.5. The molecule has 0 bridgehead atoms. The molecule has 0 aliphatic carbocycles. The minimum Gasteiger partial charge on any atom is -0.496 e. The molecule has 0 unspecified atom stereocenters. The van der Waals surface area contributed by atoms with Crippen LogP contribution in [-0.4, -0.2) is 29.8 Å². The molecule has 0 aliphatic rings. The van der Waals surface area contributed by atoms with Gasteiger partial charge in [-0.05, 0) is 18.2 Å². The smallest absolute Gasteiger partial charge is 0.259 e. The molecule has 0 atom stereocenters. The number of ether oxygens (including phenoxy) is 2. The first-order valence-electron chi connectivity index (χ1n) is 6.28. The van der Waals surface area contributed by atoms with Crippen molar-refractivity contribution in [3.63, 3.8) is 0 Å². The number of nitrogens with one attached hydrogen (secondary N) is 1. The molecule has 7 nitrogen and oxygen atoms in total. The number of hydrogen-bond acceptors (Lipinski definition) is 6. The second-order valence-corrected chi connectivity index (χ2v) is 4.14. The Morgan fingerprint density at radius 3 is 2.95 bits per heavy atom. The molecule has 2 aromatic rings. The average molecular weight is 298 g/mol. The first kappa shape index (κ1) is 15.1. The van der Waals surface area contributed by atoms with Gasteiger partial charge in [0, 0.05) is 6.07 Å². The Kier molecular flexibility index (Phi) is 4.78. The molecule has 0 fully saturated rings. The maximum atomic E-state index is 12.3. The molecule has 0 aliphatic heterocycles. The highest BCUT2D eigenvalue weighted by Gasteiger charge is 2.15. The van der Waals surface area contributed by atoms with E-state index in [1.807, 2.05) is 0 Å². The summed E-state index contributed by atoms with van der Waals surface area (Å²) >= 11 is 0. The van der Waals surface area contributed by atoms with Crippen molar-refractivity contribution < 1.29 is 14.3 Å². The highest BCUT2D eigenvalue weighted by Crippen LogP contribution is 2.26. The molecule has 0 spiro atoms. The highest BCUT2D eigenvalue weighted by molar-refractivity contribution is 6.07. The van der Waals surface area contributed by atoms with E-state index in [1.54, 1.807) is 24.3 Å². The molecule has 1 aromatic carbocycles. The number of carbonyl (C=O) groups is 1. The fourth-order valence-electron chi connectivity index (χ4n) is 1.71. The van der Waals surface area contributed by atoms with E-state index in [9.17, 15) is 4.79 Å². The standard InChI is InChI=1S/C15H14N4O3/c1-3-8-22-10-4-5-11(13(9-10)21-2)15(20)18-12-6-7-17-19-14(12)16/h1,4-7,9H,8H2,2H3,(H2,16,19)(H,17,18,20). The molecule has 112 valence electrons. The number of nitrogens with zero attached hydrogens (tertiary/aromatic N) is 2. The van der Waals surface area contributed by atoms with E-state index in [2.05, 4.69) is 21.4 Å². The van der Waals surface area contributed by atoms with Crippen molar-refractivity contribution in [3.8, 4) is 23.8 Å². The topological polar surface area (TPSA) is 99.4 Å². The summed E-state index contributed by atoms with van der Waals surface area (Å²) in [6.07, 6.45) is 6.56. The van der Waals surface area contributed by atoms with Gasteiger partial charge in [0.1, 0.15) is 18.1 Å². The lowest BCUT2D eigenvalue weighted by Gasteiger charge is -2.11. The lowest BCUT2D eigenvalue weighted by molar-refractivity contribution is 0.102. The number of carbonyl (C=O) groups excluding carboxylic acids is 1. The Bertz CT molecular complexity index is 725. The quantitative estimate of drug-likeness (QED) is 0.808. The van der Waals surface area contributed by atoms with Crippen LogP contribution in [0.3, 0.4) is 0 Å². The number of aromatic nitrogens is 2. The fourth-order valence-corrected chi connectivity index (χ4v) is 1.71. The minimum atomic E-state index is -0.389. The molecule has 7 heteroatoms. The predicted molar refractivity (Wildman–Crippen MR) is 81.7 cm³/mol. The van der Waals surface area contributed by atoms with Gasteiger partial charge in [-0.2, -0.15) is 5.10 Å². The largest absolute Gasteiger partial charge is 0.496 e. The summed E-state index contributed by atoms with van der Waals surface area (Å²) in [7, 11) is 1.46. The summed E-state index contributed by atoms with van der Waals surface area (Å²) in [5.74, 6) is 2.97. The van der Waals surface area contributed by atoms with Crippen molar-refractivity contribution in [2.75, 3.05) is 24.8 Å². The Hall–Kier alpha value is -3.27. The molecule has 2 rings (SSSR count). The molecule has 1 heterocycles. The third-order valence-corrected chi connectivity index (χ3v) is 2.74. The maximum absolute atomic E-state index is 12.3. The van der Waals surface area contributed by atoms with Crippen LogP contribution in [0.4, 0.5) is 11.5 Å². The molecule has 1 aromatic heterocycles. The summed E-state index contributed by atoms with van der Waals surface area (Å²) in [5.41, 5.74) is 6.33. The number of nitrogens with two attached hydrogens (primary N) is 1. The Morgan fingerprint density at radius 2 is 2.27 bits per heavy atom. The summed E-state index contributed by atoms with van der Waals surface area (Å²) in [5, 5.41) is 9.92. The summed E-state index contributed by atoms with van der Waals surface area (Å²) in [4.78, 5) is 12.3. The van der Waals surface area contributed by atoms with Crippen LogP contribution in [0.2, 0.25) is 0 Å². The molecule has 22 heavy (non-hydrogen) atoms. The lowest BCUT2D eigenvalue weighted by Crippen LogP contribution is -2.15. The number of rotatable bonds is 5. The molecule has 3 N–H and O–H groups in total. The number of anilines is 2. The highest BCUT2D eigenvalue weighted by atomic mass is 16.5. The zero-order valence-electron chi connectivity index (χ0n) is 11.9. The van der Waals surface area contributed by atoms with Crippen LogP contribution >= 0.6 is 0 Å². The van der Waals surface area contributed by atoms with E-state index in [0.717, 1.165) is 0 Å². The van der Waals surface area contributed by atoms with Gasteiger partial charge in [-0.3, -0.25) is 4.79 Å². The van der Waals surface area contributed by atoms with Gasteiger partial charge in [0.15, 0.2) is 5.82 Å². The van der Waals surface area contributed by atoms with Crippen LogP contribution in [-0.2, 0) is 0 Å². The molecule has 0 saturated heterocycles. The fraction of sp³-hybridized carbons (Fsp3) is 0.133. The van der Waals surface area contributed by atoms with Crippen LogP contribution in [0.1, 0.15) is 10.4 Å². The third kappa shape index (κ3) is 3.43. The predicted octanol–water partition coefficient (Wildman–Crippen LogP) is 1.33. The van der Waals surface area contributed by atoms with Gasteiger partial charge in [-0.15, -0.1) is 11.5 Å². The maximum Gasteiger partial charge on any atom is 0.259 e. The van der Waals surface area contributed by atoms with Crippen molar-refractivity contribution >= 4 is 17.4 Å². The van der Waals surface area contributed by atoms with Gasteiger partial charge < -0.3 is 20.5 Å². The lowest BCUT2D eigenvalue weighted by atomic mass is 10.1. The normalized spacial score (nSPS) is 9.64. The van der Waals surface area contributed by atoms with Gasteiger partial charge in [0.05, 0.1) is 24.6 Å².